The number of fused-ring (bicyclic) bond motifs is 1. The van der Waals surface area contributed by atoms with Crippen LogP contribution in [0.3, 0.4) is 0 Å². The highest BCUT2D eigenvalue weighted by atomic mass is 19.4. The van der Waals surface area contributed by atoms with Gasteiger partial charge in [0.15, 0.2) is 12.5 Å². The molecule has 1 unspecified atom stereocenters. The minimum atomic E-state index is -4.39. The van der Waals surface area contributed by atoms with Crippen molar-refractivity contribution < 1.29 is 22.7 Å². The van der Waals surface area contributed by atoms with Gasteiger partial charge in [-0.1, -0.05) is 6.08 Å². The Hall–Kier alpha value is -2.71. The predicted molar refractivity (Wildman–Crippen MR) is 98.5 cm³/mol. The molecule has 0 fully saturated rings. The molecule has 2 aliphatic heterocycles. The molecule has 28 heavy (non-hydrogen) atoms. The third-order valence-electron chi connectivity index (χ3n) is 4.99. The summed E-state index contributed by atoms with van der Waals surface area (Å²) in [6.07, 6.45) is -0.983. The fraction of sp³-hybridized carbons (Fsp3) is 0.474. The molecule has 0 spiro atoms. The van der Waals surface area contributed by atoms with Crippen molar-refractivity contribution in [2.45, 2.75) is 32.6 Å². The van der Waals surface area contributed by atoms with Crippen LogP contribution in [0.5, 0.6) is 0 Å². The molecular formula is C19H23F3N4O2. The third kappa shape index (κ3) is 3.79. The number of rotatable bonds is 5. The van der Waals surface area contributed by atoms with E-state index in [9.17, 15) is 18.0 Å². The van der Waals surface area contributed by atoms with Crippen LogP contribution in [0, 0.1) is 0 Å². The normalized spacial score (nSPS) is 18.2. The SMILES string of the molecule is CNc1nccc2c1CN(C(C)C1=CC(C)=C(OCC(F)(F)F)N(C)C1)C2=O. The van der Waals surface area contributed by atoms with E-state index in [4.69, 9.17) is 4.74 Å². The summed E-state index contributed by atoms with van der Waals surface area (Å²) in [5.41, 5.74) is 3.01. The van der Waals surface area contributed by atoms with Crippen molar-refractivity contribution in [2.75, 3.05) is 32.6 Å². The molecule has 0 saturated carbocycles. The van der Waals surface area contributed by atoms with Gasteiger partial charge in [-0.05, 0) is 25.5 Å². The van der Waals surface area contributed by atoms with Gasteiger partial charge in [0, 0.05) is 43.5 Å². The molecule has 3 rings (SSSR count). The second-order valence-electron chi connectivity index (χ2n) is 7.01. The zero-order valence-corrected chi connectivity index (χ0v) is 16.2. The van der Waals surface area contributed by atoms with E-state index < -0.39 is 12.8 Å². The third-order valence-corrected chi connectivity index (χ3v) is 4.99. The van der Waals surface area contributed by atoms with Crippen LogP contribution in [0.15, 0.2) is 35.4 Å². The number of nitrogens with one attached hydrogen (secondary N) is 1. The first-order valence-corrected chi connectivity index (χ1v) is 8.91. The van der Waals surface area contributed by atoms with Gasteiger partial charge in [0.25, 0.3) is 5.91 Å². The summed E-state index contributed by atoms with van der Waals surface area (Å²) in [6.45, 7) is 3.11. The number of anilines is 1. The molecule has 3 heterocycles. The lowest BCUT2D eigenvalue weighted by Gasteiger charge is -2.34. The summed E-state index contributed by atoms with van der Waals surface area (Å²) in [5, 5.41) is 3.00. The van der Waals surface area contributed by atoms with Crippen molar-refractivity contribution in [3.63, 3.8) is 0 Å². The Morgan fingerprint density at radius 1 is 1.36 bits per heavy atom. The molecule has 1 amide bonds. The molecule has 152 valence electrons. The topological polar surface area (TPSA) is 57.7 Å². The average Bonchev–Trinajstić information content (AvgIpc) is 2.96. The number of aromatic nitrogens is 1. The lowest BCUT2D eigenvalue weighted by molar-refractivity contribution is -0.169. The Morgan fingerprint density at radius 3 is 2.68 bits per heavy atom. The quantitative estimate of drug-likeness (QED) is 0.829. The van der Waals surface area contributed by atoms with Gasteiger partial charge in [0.1, 0.15) is 5.82 Å². The number of pyridine rings is 1. The monoisotopic (exact) mass is 396 g/mol. The molecule has 2 aliphatic rings. The highest BCUT2D eigenvalue weighted by molar-refractivity contribution is 6.00. The fourth-order valence-electron chi connectivity index (χ4n) is 3.64. The summed E-state index contributed by atoms with van der Waals surface area (Å²) < 4.78 is 42.4. The van der Waals surface area contributed by atoms with E-state index in [0.29, 0.717) is 30.0 Å². The molecule has 0 aliphatic carbocycles. The van der Waals surface area contributed by atoms with Crippen molar-refractivity contribution in [1.29, 1.82) is 0 Å². The number of ether oxygens (including phenoxy) is 1. The Labute approximate surface area is 161 Å². The molecule has 9 heteroatoms. The minimum absolute atomic E-state index is 0.0781. The molecule has 6 nitrogen and oxygen atoms in total. The van der Waals surface area contributed by atoms with E-state index in [1.165, 1.54) is 0 Å². The number of halogens is 3. The number of amides is 1. The average molecular weight is 396 g/mol. The van der Waals surface area contributed by atoms with Crippen molar-refractivity contribution in [1.82, 2.24) is 14.8 Å². The number of nitrogens with zero attached hydrogens (tertiary/aromatic N) is 3. The molecule has 0 aromatic carbocycles. The smallest absolute Gasteiger partial charge is 0.422 e. The molecule has 1 atom stereocenters. The zero-order chi connectivity index (χ0) is 20.6. The maximum atomic E-state index is 12.9. The number of carbonyl (C=O) groups is 1. The Bertz CT molecular complexity index is 848. The zero-order valence-electron chi connectivity index (χ0n) is 16.2. The maximum absolute atomic E-state index is 12.9. The van der Waals surface area contributed by atoms with Gasteiger partial charge in [-0.3, -0.25) is 4.79 Å². The summed E-state index contributed by atoms with van der Waals surface area (Å²) >= 11 is 0. The highest BCUT2D eigenvalue weighted by Crippen LogP contribution is 2.32. The second-order valence-corrected chi connectivity index (χ2v) is 7.01. The van der Waals surface area contributed by atoms with Crippen LogP contribution in [0.1, 0.15) is 29.8 Å². The number of hydrogen-bond acceptors (Lipinski definition) is 5. The number of likely N-dealkylation sites (N-methyl/N-ethyl adjacent to an activating group) is 1. The molecule has 1 aromatic heterocycles. The van der Waals surface area contributed by atoms with E-state index >= 15 is 0 Å². The van der Waals surface area contributed by atoms with Gasteiger partial charge in [-0.25, -0.2) is 4.98 Å². The first kappa shape index (κ1) is 20.0. The van der Waals surface area contributed by atoms with E-state index in [1.807, 2.05) is 13.0 Å². The van der Waals surface area contributed by atoms with Crippen LogP contribution >= 0.6 is 0 Å². The minimum Gasteiger partial charge on any atom is -0.469 e. The Kier molecular flexibility index (Phi) is 5.27. The highest BCUT2D eigenvalue weighted by Gasteiger charge is 2.36. The largest absolute Gasteiger partial charge is 0.469 e. The fourth-order valence-corrected chi connectivity index (χ4v) is 3.64. The van der Waals surface area contributed by atoms with Crippen LogP contribution in [0.2, 0.25) is 0 Å². The van der Waals surface area contributed by atoms with Gasteiger partial charge in [-0.2, -0.15) is 13.2 Å². The Balaban J connectivity index is 1.81. The lowest BCUT2D eigenvalue weighted by Crippen LogP contribution is -2.39. The van der Waals surface area contributed by atoms with Crippen molar-refractivity contribution in [3.05, 3.63) is 46.5 Å². The molecule has 0 saturated heterocycles. The standard InChI is InChI=1S/C19H23F3N4O2/c1-11-7-13(8-25(4)18(11)28-10-19(20,21)22)12(2)26-9-15-14(17(26)27)5-6-24-16(15)23-3/h5-7,12H,8-10H2,1-4H3,(H,23,24). The van der Waals surface area contributed by atoms with Crippen molar-refractivity contribution >= 4 is 11.7 Å². The van der Waals surface area contributed by atoms with Crippen molar-refractivity contribution in [2.24, 2.45) is 0 Å². The first-order valence-electron chi connectivity index (χ1n) is 8.91. The van der Waals surface area contributed by atoms with E-state index in [1.54, 1.807) is 43.1 Å². The summed E-state index contributed by atoms with van der Waals surface area (Å²) in [5.74, 6) is 0.797. The molecule has 1 aromatic rings. The lowest BCUT2D eigenvalue weighted by atomic mass is 10.0. The van der Waals surface area contributed by atoms with Crippen LogP contribution in [0.25, 0.3) is 0 Å². The van der Waals surface area contributed by atoms with Gasteiger partial charge in [0.05, 0.1) is 12.6 Å². The second kappa shape index (κ2) is 7.37. The van der Waals surface area contributed by atoms with Gasteiger partial charge in [0.2, 0.25) is 0 Å². The molecule has 1 N–H and O–H groups in total. The van der Waals surface area contributed by atoms with E-state index in [0.717, 1.165) is 11.1 Å². The molecule has 0 bridgehead atoms. The van der Waals surface area contributed by atoms with Gasteiger partial charge >= 0.3 is 6.18 Å². The molecular weight excluding hydrogens is 373 g/mol. The van der Waals surface area contributed by atoms with E-state index in [2.05, 4.69) is 10.3 Å². The van der Waals surface area contributed by atoms with Gasteiger partial charge < -0.3 is 19.9 Å². The van der Waals surface area contributed by atoms with E-state index in [-0.39, 0.29) is 17.8 Å². The predicted octanol–water partition coefficient (Wildman–Crippen LogP) is 3.15. The number of allylic oxidation sites excluding steroid dienone is 2. The number of carbonyl (C=O) groups excluding carboxylic acids is 1. The Morgan fingerprint density at radius 2 is 2.07 bits per heavy atom. The van der Waals surface area contributed by atoms with Crippen molar-refractivity contribution in [3.8, 4) is 0 Å². The summed E-state index contributed by atoms with van der Waals surface area (Å²) in [6, 6.07) is 1.49. The van der Waals surface area contributed by atoms with Crippen LogP contribution < -0.4 is 5.32 Å². The van der Waals surface area contributed by atoms with Gasteiger partial charge in [-0.15, -0.1) is 0 Å². The van der Waals surface area contributed by atoms with Crippen LogP contribution in [-0.4, -0.2) is 60.2 Å². The maximum Gasteiger partial charge on any atom is 0.422 e. The number of alkyl halides is 3. The summed E-state index contributed by atoms with van der Waals surface area (Å²) in [4.78, 5) is 20.5. The molecule has 0 radical (unpaired) electrons. The van der Waals surface area contributed by atoms with Crippen LogP contribution in [-0.2, 0) is 11.3 Å². The van der Waals surface area contributed by atoms with Crippen LogP contribution in [0.4, 0.5) is 19.0 Å². The first-order chi connectivity index (χ1) is 13.1. The number of hydrogen-bond donors (Lipinski definition) is 1. The summed E-state index contributed by atoms with van der Waals surface area (Å²) in [7, 11) is 3.44.